The number of furan rings is 1. The first-order chi connectivity index (χ1) is 7.50. The molecule has 1 aromatic heterocycles. The van der Waals surface area contributed by atoms with Crippen LogP contribution in [0.1, 0.15) is 31.6 Å². The molecule has 0 amide bonds. The van der Waals surface area contributed by atoms with E-state index in [1.165, 1.54) is 0 Å². The van der Waals surface area contributed by atoms with Crippen LogP contribution in [-0.2, 0) is 4.79 Å². The summed E-state index contributed by atoms with van der Waals surface area (Å²) in [6.45, 7) is 2.78. The summed E-state index contributed by atoms with van der Waals surface area (Å²) in [6, 6.07) is 3.93. The van der Waals surface area contributed by atoms with Crippen molar-refractivity contribution in [3.63, 3.8) is 0 Å². The van der Waals surface area contributed by atoms with Crippen LogP contribution in [0.5, 0.6) is 0 Å². The monoisotopic (exact) mass is 289 g/mol. The number of hydrogen-bond donors (Lipinski definition) is 1. The SMILES string of the molecule is CC(c1ccc(Br)o1)N(C)CCCC(=O)O. The number of hydrogen-bond acceptors (Lipinski definition) is 3. The van der Waals surface area contributed by atoms with E-state index >= 15 is 0 Å². The molecule has 1 atom stereocenters. The van der Waals surface area contributed by atoms with Gasteiger partial charge in [-0.25, -0.2) is 0 Å². The maximum absolute atomic E-state index is 10.4. The van der Waals surface area contributed by atoms with Gasteiger partial charge in [0.2, 0.25) is 0 Å². The second-order valence-electron chi connectivity index (χ2n) is 3.80. The maximum atomic E-state index is 10.4. The fraction of sp³-hybridized carbons (Fsp3) is 0.545. The maximum Gasteiger partial charge on any atom is 0.303 e. The number of carboxylic acid groups (broad SMARTS) is 1. The fourth-order valence-electron chi connectivity index (χ4n) is 1.44. The lowest BCUT2D eigenvalue weighted by Gasteiger charge is -2.22. The van der Waals surface area contributed by atoms with Crippen LogP contribution in [0.4, 0.5) is 0 Å². The molecule has 90 valence electrons. The first-order valence-corrected chi connectivity index (χ1v) is 5.97. The minimum absolute atomic E-state index is 0.153. The molecule has 0 fully saturated rings. The van der Waals surface area contributed by atoms with Gasteiger partial charge in [-0.3, -0.25) is 9.69 Å². The Morgan fingerprint density at radius 3 is 2.81 bits per heavy atom. The Balaban J connectivity index is 2.41. The highest BCUT2D eigenvalue weighted by atomic mass is 79.9. The van der Waals surface area contributed by atoms with Gasteiger partial charge < -0.3 is 9.52 Å². The molecule has 1 N–H and O–H groups in total. The van der Waals surface area contributed by atoms with Crippen LogP contribution >= 0.6 is 15.9 Å². The fourth-order valence-corrected chi connectivity index (χ4v) is 1.76. The van der Waals surface area contributed by atoms with E-state index in [-0.39, 0.29) is 12.5 Å². The highest BCUT2D eigenvalue weighted by Gasteiger charge is 2.15. The predicted octanol–water partition coefficient (Wildman–Crippen LogP) is 2.90. The van der Waals surface area contributed by atoms with Crippen molar-refractivity contribution < 1.29 is 14.3 Å². The van der Waals surface area contributed by atoms with Gasteiger partial charge in [-0.1, -0.05) is 0 Å². The summed E-state index contributed by atoms with van der Waals surface area (Å²) >= 11 is 3.26. The van der Waals surface area contributed by atoms with Crippen molar-refractivity contribution in [2.75, 3.05) is 13.6 Å². The first-order valence-electron chi connectivity index (χ1n) is 5.18. The largest absolute Gasteiger partial charge is 0.481 e. The van der Waals surface area contributed by atoms with E-state index in [0.29, 0.717) is 11.1 Å². The van der Waals surface area contributed by atoms with E-state index in [1.807, 2.05) is 26.1 Å². The quantitative estimate of drug-likeness (QED) is 0.875. The van der Waals surface area contributed by atoms with Crippen LogP contribution in [0.3, 0.4) is 0 Å². The van der Waals surface area contributed by atoms with Crippen molar-refractivity contribution in [1.82, 2.24) is 4.90 Å². The number of carboxylic acids is 1. The zero-order valence-corrected chi connectivity index (χ0v) is 11.0. The van der Waals surface area contributed by atoms with Gasteiger partial charge in [-0.05, 0) is 55.0 Å². The average Bonchev–Trinajstić information content (AvgIpc) is 2.63. The summed E-state index contributed by atoms with van der Waals surface area (Å²) in [4.78, 5) is 12.5. The molecule has 0 saturated carbocycles. The lowest BCUT2D eigenvalue weighted by Crippen LogP contribution is -2.23. The summed E-state index contributed by atoms with van der Waals surface area (Å²) in [6.07, 6.45) is 0.858. The highest BCUT2D eigenvalue weighted by Crippen LogP contribution is 2.23. The molecule has 0 bridgehead atoms. The summed E-state index contributed by atoms with van der Waals surface area (Å²) < 4.78 is 6.17. The number of rotatable bonds is 6. The van der Waals surface area contributed by atoms with Gasteiger partial charge in [-0.2, -0.15) is 0 Å². The Bertz CT molecular complexity index is 351. The van der Waals surface area contributed by atoms with Crippen molar-refractivity contribution in [3.8, 4) is 0 Å². The third kappa shape index (κ3) is 3.98. The van der Waals surface area contributed by atoms with E-state index in [0.717, 1.165) is 12.3 Å². The second kappa shape index (κ2) is 6.06. The molecule has 16 heavy (non-hydrogen) atoms. The summed E-state index contributed by atoms with van der Waals surface area (Å²) in [5, 5.41) is 8.54. The van der Waals surface area contributed by atoms with E-state index in [4.69, 9.17) is 9.52 Å². The number of aliphatic carboxylic acids is 1. The van der Waals surface area contributed by atoms with Crippen molar-refractivity contribution in [1.29, 1.82) is 0 Å². The van der Waals surface area contributed by atoms with Crippen molar-refractivity contribution >= 4 is 21.9 Å². The molecular weight excluding hydrogens is 274 g/mol. The third-order valence-corrected chi connectivity index (χ3v) is 2.99. The standard InChI is InChI=1S/C11H16BrNO3/c1-8(9-5-6-10(12)16-9)13(2)7-3-4-11(14)15/h5-6,8H,3-4,7H2,1-2H3,(H,14,15). The molecule has 5 heteroatoms. The van der Waals surface area contributed by atoms with E-state index in [2.05, 4.69) is 20.8 Å². The van der Waals surface area contributed by atoms with Crippen LogP contribution in [0.2, 0.25) is 0 Å². The Morgan fingerprint density at radius 2 is 2.31 bits per heavy atom. The van der Waals surface area contributed by atoms with Crippen LogP contribution in [-0.4, -0.2) is 29.6 Å². The van der Waals surface area contributed by atoms with Gasteiger partial charge in [0.1, 0.15) is 5.76 Å². The molecule has 4 nitrogen and oxygen atoms in total. The normalized spacial score (nSPS) is 13.0. The molecule has 0 saturated heterocycles. The Morgan fingerprint density at radius 1 is 1.62 bits per heavy atom. The Hall–Kier alpha value is -0.810. The van der Waals surface area contributed by atoms with Gasteiger partial charge in [0.15, 0.2) is 4.67 Å². The summed E-state index contributed by atoms with van der Waals surface area (Å²) in [7, 11) is 1.96. The molecule has 1 aromatic rings. The first kappa shape index (κ1) is 13.3. The zero-order chi connectivity index (χ0) is 12.1. The van der Waals surface area contributed by atoms with Gasteiger partial charge in [0.05, 0.1) is 6.04 Å². The van der Waals surface area contributed by atoms with E-state index < -0.39 is 5.97 Å². The lowest BCUT2D eigenvalue weighted by atomic mass is 10.2. The highest BCUT2D eigenvalue weighted by molar-refractivity contribution is 9.10. The number of halogens is 1. The molecule has 1 heterocycles. The van der Waals surface area contributed by atoms with E-state index in [9.17, 15) is 4.79 Å². The second-order valence-corrected chi connectivity index (χ2v) is 4.58. The minimum Gasteiger partial charge on any atom is -0.481 e. The number of nitrogens with zero attached hydrogens (tertiary/aromatic N) is 1. The minimum atomic E-state index is -0.748. The van der Waals surface area contributed by atoms with Gasteiger partial charge in [0, 0.05) is 6.42 Å². The molecule has 0 aromatic carbocycles. The predicted molar refractivity (Wildman–Crippen MR) is 64.3 cm³/mol. The molecular formula is C11H16BrNO3. The molecule has 0 aliphatic heterocycles. The molecule has 1 unspecified atom stereocenters. The molecule has 0 aliphatic carbocycles. The topological polar surface area (TPSA) is 53.7 Å². The van der Waals surface area contributed by atoms with Crippen LogP contribution in [0, 0.1) is 0 Å². The Kier molecular flexibility index (Phi) is 5.02. The van der Waals surface area contributed by atoms with E-state index in [1.54, 1.807) is 0 Å². The molecule has 0 aliphatic rings. The van der Waals surface area contributed by atoms with Crippen molar-refractivity contribution in [2.45, 2.75) is 25.8 Å². The van der Waals surface area contributed by atoms with Crippen molar-refractivity contribution in [2.24, 2.45) is 0 Å². The van der Waals surface area contributed by atoms with Gasteiger partial charge >= 0.3 is 5.97 Å². The molecule has 0 spiro atoms. The van der Waals surface area contributed by atoms with Gasteiger partial charge in [-0.15, -0.1) is 0 Å². The lowest BCUT2D eigenvalue weighted by molar-refractivity contribution is -0.137. The van der Waals surface area contributed by atoms with Crippen LogP contribution in [0.25, 0.3) is 0 Å². The smallest absolute Gasteiger partial charge is 0.303 e. The zero-order valence-electron chi connectivity index (χ0n) is 9.44. The average molecular weight is 290 g/mol. The Labute approximate surface area is 103 Å². The molecule has 0 radical (unpaired) electrons. The van der Waals surface area contributed by atoms with Crippen LogP contribution in [0.15, 0.2) is 21.2 Å². The molecule has 1 rings (SSSR count). The number of carbonyl (C=O) groups is 1. The van der Waals surface area contributed by atoms with Crippen molar-refractivity contribution in [3.05, 3.63) is 22.6 Å². The summed E-state index contributed by atoms with van der Waals surface area (Å²) in [5.74, 6) is 0.131. The van der Waals surface area contributed by atoms with Crippen LogP contribution < -0.4 is 0 Å². The third-order valence-electron chi connectivity index (χ3n) is 2.57. The summed E-state index contributed by atoms with van der Waals surface area (Å²) in [5.41, 5.74) is 0. The van der Waals surface area contributed by atoms with Gasteiger partial charge in [0.25, 0.3) is 0 Å².